The maximum atomic E-state index is 15.1. The van der Waals surface area contributed by atoms with Gasteiger partial charge in [0.15, 0.2) is 0 Å². The van der Waals surface area contributed by atoms with Crippen molar-refractivity contribution in [2.24, 2.45) is 17.8 Å². The van der Waals surface area contributed by atoms with Crippen molar-refractivity contribution in [2.75, 3.05) is 39.9 Å². The van der Waals surface area contributed by atoms with Crippen LogP contribution >= 0.6 is 0 Å². The lowest BCUT2D eigenvalue weighted by Gasteiger charge is -2.34. The molecule has 6 fully saturated rings. The quantitative estimate of drug-likeness (QED) is 0.305. The average molecular weight is 891 g/mol. The molecule has 1 aromatic heterocycles. The largest absolute Gasteiger partial charge is 0.489 e. The topological polar surface area (TPSA) is 195 Å². The van der Waals surface area contributed by atoms with Crippen molar-refractivity contribution in [3.63, 3.8) is 0 Å². The van der Waals surface area contributed by atoms with Crippen LogP contribution in [0.15, 0.2) is 36.9 Å². The third-order valence-corrected chi connectivity index (χ3v) is 16.9. The van der Waals surface area contributed by atoms with Gasteiger partial charge in [0.2, 0.25) is 27.7 Å². The zero-order valence-corrected chi connectivity index (χ0v) is 37.3. The number of rotatable bonds is 9. The fourth-order valence-electron chi connectivity index (χ4n) is 10.0. The van der Waals surface area contributed by atoms with Gasteiger partial charge in [0, 0.05) is 44.0 Å². The second-order valence-corrected chi connectivity index (χ2v) is 21.5. The summed E-state index contributed by atoms with van der Waals surface area (Å²) < 4.78 is 53.0. The molecule has 63 heavy (non-hydrogen) atoms. The van der Waals surface area contributed by atoms with Crippen molar-refractivity contribution in [1.82, 2.24) is 30.1 Å². The van der Waals surface area contributed by atoms with E-state index in [1.807, 2.05) is 24.3 Å². The molecule has 7 atom stereocenters. The van der Waals surface area contributed by atoms with Gasteiger partial charge in [-0.15, -0.1) is 6.58 Å². The van der Waals surface area contributed by atoms with E-state index in [2.05, 4.69) is 33.9 Å². The first-order chi connectivity index (χ1) is 30.3. The Kier molecular flexibility index (Phi) is 12.1. The number of amides is 4. The molecule has 5 heterocycles. The molecule has 4 amide bonds. The van der Waals surface area contributed by atoms with Gasteiger partial charge in [-0.3, -0.25) is 19.1 Å². The summed E-state index contributed by atoms with van der Waals surface area (Å²) in [5.41, 5.74) is -0.0175. The van der Waals surface area contributed by atoms with Crippen LogP contribution in [0.3, 0.4) is 0 Å². The van der Waals surface area contributed by atoms with Gasteiger partial charge < -0.3 is 39.4 Å². The number of likely N-dealkylation sites (tertiary alicyclic amines) is 1. The molecule has 342 valence electrons. The maximum absolute atomic E-state index is 15.1. The highest BCUT2D eigenvalue weighted by Crippen LogP contribution is 2.47. The number of piperidine rings is 1. The molecule has 3 saturated carbocycles. The number of aromatic nitrogens is 1. The SMILES string of the molecule is C=C[C@H]1C[C@]1(NC(=O)[C@@H]1C[C@@H]2CN1C(=O)[C@H](C1CCOCC1)NC(=O)O[C@@H]1C[C@H]1CCCCCc1c(nc3ccccc3c1OC1CCN(C)CC1)O2)C(=O)NS(=O)(=O)C1(C)CC1. The van der Waals surface area contributed by atoms with Crippen molar-refractivity contribution in [3.05, 3.63) is 42.5 Å². The Labute approximate surface area is 369 Å². The van der Waals surface area contributed by atoms with Gasteiger partial charge in [-0.25, -0.2) is 18.2 Å². The molecule has 4 aliphatic heterocycles. The molecule has 3 saturated heterocycles. The molecule has 3 aliphatic carbocycles. The number of pyridine rings is 1. The molecule has 16 nitrogen and oxygen atoms in total. The Morgan fingerprint density at radius 3 is 2.49 bits per heavy atom. The van der Waals surface area contributed by atoms with Crippen molar-refractivity contribution >= 4 is 44.7 Å². The summed E-state index contributed by atoms with van der Waals surface area (Å²) in [6, 6.07) is 5.69. The number of carbonyl (C=O) groups is 4. The summed E-state index contributed by atoms with van der Waals surface area (Å²) in [7, 11) is -1.90. The van der Waals surface area contributed by atoms with Crippen molar-refractivity contribution in [2.45, 2.75) is 137 Å². The Bertz CT molecular complexity index is 2220. The van der Waals surface area contributed by atoms with E-state index in [1.54, 1.807) is 6.92 Å². The molecule has 17 heteroatoms. The standard InChI is InChI=1S/C46H62N6O10S/c1-4-30-26-46(30,43(55)50-63(57,58)45(2)18-19-45)49-40(53)36-25-32-27-52(36)42(54)38(28-16-22-59-23-17-28)48-44(56)62-37-24-29(37)10-6-5-7-12-34-39(60-31-14-20-51(3)21-15-31)33-11-8-9-13-35(33)47-41(34)61-32/h4,8-9,11,13,28-32,36-38H,1,5-7,10,12,14-27H2,2-3H3,(H,48,56)(H,49,53)(H,50,55)/t29-,30+,32-,36+,37-,38+,46-/m1/s1. The van der Waals surface area contributed by atoms with Crippen molar-refractivity contribution < 1.29 is 46.5 Å². The molecule has 0 radical (unpaired) electrons. The zero-order valence-electron chi connectivity index (χ0n) is 36.5. The number of sulfonamides is 1. The maximum Gasteiger partial charge on any atom is 0.408 e. The summed E-state index contributed by atoms with van der Waals surface area (Å²) in [4.78, 5) is 66.1. The van der Waals surface area contributed by atoms with E-state index < -0.39 is 68.2 Å². The smallest absolute Gasteiger partial charge is 0.408 e. The van der Waals surface area contributed by atoms with Gasteiger partial charge in [-0.05, 0) is 109 Å². The van der Waals surface area contributed by atoms with Crippen LogP contribution in [0.25, 0.3) is 10.9 Å². The molecule has 3 N–H and O–H groups in total. The zero-order chi connectivity index (χ0) is 44.1. The third kappa shape index (κ3) is 9.11. The number of benzene rings is 1. The highest BCUT2D eigenvalue weighted by atomic mass is 32.2. The Morgan fingerprint density at radius 1 is 1.00 bits per heavy atom. The summed E-state index contributed by atoms with van der Waals surface area (Å²) in [6.07, 6.45) is 8.80. The molecule has 9 rings (SSSR count). The second kappa shape index (κ2) is 17.5. The van der Waals surface area contributed by atoms with Gasteiger partial charge in [-0.2, -0.15) is 0 Å². The van der Waals surface area contributed by atoms with E-state index in [-0.39, 0.29) is 43.4 Å². The monoisotopic (exact) mass is 890 g/mol. The Morgan fingerprint density at radius 2 is 1.76 bits per heavy atom. The summed E-state index contributed by atoms with van der Waals surface area (Å²) in [5.74, 6) is -1.38. The van der Waals surface area contributed by atoms with Crippen LogP contribution < -0.4 is 24.8 Å². The predicted octanol–water partition coefficient (Wildman–Crippen LogP) is 4.14. The third-order valence-electron chi connectivity index (χ3n) is 14.8. The molecule has 2 bridgehead atoms. The first kappa shape index (κ1) is 43.8. The fourth-order valence-corrected chi connectivity index (χ4v) is 11.3. The minimum Gasteiger partial charge on any atom is -0.489 e. The van der Waals surface area contributed by atoms with E-state index in [4.69, 9.17) is 23.9 Å². The lowest BCUT2D eigenvalue weighted by atomic mass is 9.90. The van der Waals surface area contributed by atoms with E-state index in [0.717, 1.165) is 74.7 Å². The highest BCUT2D eigenvalue weighted by Gasteiger charge is 2.63. The van der Waals surface area contributed by atoms with E-state index in [1.165, 1.54) is 11.0 Å². The van der Waals surface area contributed by atoms with E-state index in [9.17, 15) is 22.8 Å². The predicted molar refractivity (Wildman–Crippen MR) is 232 cm³/mol. The number of nitrogens with zero attached hydrogens (tertiary/aromatic N) is 3. The van der Waals surface area contributed by atoms with Crippen LogP contribution in [-0.2, 0) is 40.3 Å². The fraction of sp³-hybridized carbons (Fsp3) is 0.674. The number of fused-ring (bicyclic) bond motifs is 5. The molecule has 2 aromatic rings. The number of para-hydroxylation sites is 1. The molecule has 0 spiro atoms. The Balaban J connectivity index is 1.07. The summed E-state index contributed by atoms with van der Waals surface area (Å²) >= 11 is 0. The number of hydrogen-bond acceptors (Lipinski definition) is 12. The van der Waals surface area contributed by atoms with Crippen LogP contribution in [0.1, 0.15) is 96.0 Å². The summed E-state index contributed by atoms with van der Waals surface area (Å²) in [5, 5.41) is 6.70. The average Bonchev–Trinajstić information content (AvgIpc) is 4.23. The Hall–Kier alpha value is -4.48. The van der Waals surface area contributed by atoms with E-state index in [0.29, 0.717) is 56.7 Å². The second-order valence-electron chi connectivity index (χ2n) is 19.3. The first-order valence-corrected chi connectivity index (χ1v) is 24.6. The van der Waals surface area contributed by atoms with Crippen LogP contribution in [0.4, 0.5) is 4.79 Å². The molecular formula is C46H62N6O10S. The van der Waals surface area contributed by atoms with Crippen molar-refractivity contribution in [3.8, 4) is 11.6 Å². The van der Waals surface area contributed by atoms with Gasteiger partial charge in [0.1, 0.15) is 41.7 Å². The lowest BCUT2D eigenvalue weighted by molar-refractivity contribution is -0.142. The number of ether oxygens (including phenoxy) is 4. The minimum absolute atomic E-state index is 0.00871. The molecular weight excluding hydrogens is 829 g/mol. The molecule has 0 unspecified atom stereocenters. The molecule has 1 aromatic carbocycles. The lowest BCUT2D eigenvalue weighted by Crippen LogP contribution is -2.59. The van der Waals surface area contributed by atoms with Gasteiger partial charge in [-0.1, -0.05) is 31.1 Å². The van der Waals surface area contributed by atoms with E-state index >= 15 is 4.79 Å². The van der Waals surface area contributed by atoms with Gasteiger partial charge >= 0.3 is 6.09 Å². The number of alkyl carbamates (subject to hydrolysis) is 1. The minimum atomic E-state index is -4.02. The number of carbonyl (C=O) groups excluding carboxylic acids is 4. The molecule has 7 aliphatic rings. The normalized spacial score (nSPS) is 31.7. The van der Waals surface area contributed by atoms with Gasteiger partial charge in [0.25, 0.3) is 5.91 Å². The van der Waals surface area contributed by atoms with Gasteiger partial charge in [0.05, 0.1) is 22.4 Å². The van der Waals surface area contributed by atoms with Crippen molar-refractivity contribution in [1.29, 1.82) is 0 Å². The highest BCUT2D eigenvalue weighted by molar-refractivity contribution is 7.91. The summed E-state index contributed by atoms with van der Waals surface area (Å²) in [6.45, 7) is 8.09. The van der Waals surface area contributed by atoms with Crippen LogP contribution in [0, 0.1) is 17.8 Å². The number of nitrogens with one attached hydrogen (secondary N) is 3. The first-order valence-electron chi connectivity index (χ1n) is 23.1. The van der Waals surface area contributed by atoms with Crippen LogP contribution in [0.2, 0.25) is 0 Å². The number of hydrogen-bond donors (Lipinski definition) is 3. The van der Waals surface area contributed by atoms with Crippen LogP contribution in [-0.4, -0.2) is 128 Å². The van der Waals surface area contributed by atoms with Crippen LogP contribution in [0.5, 0.6) is 11.6 Å².